The van der Waals surface area contributed by atoms with E-state index in [2.05, 4.69) is 14.8 Å². The highest BCUT2D eigenvalue weighted by molar-refractivity contribution is 5.98. The second-order valence-electron chi connectivity index (χ2n) is 3.39. The van der Waals surface area contributed by atoms with Crippen molar-refractivity contribution in [2.24, 2.45) is 0 Å². The molecule has 0 heterocycles. The number of nitrogens with one attached hydrogen (secondary N) is 1. The SMILES string of the molecule is COC(=O)/C=C(\Nc1cccc(C#N)c1)C(=O)OC. The number of carbonyl (C=O) groups is 2. The molecule has 0 spiro atoms. The summed E-state index contributed by atoms with van der Waals surface area (Å²) in [5.41, 5.74) is 0.830. The van der Waals surface area contributed by atoms with E-state index in [1.165, 1.54) is 20.3 Å². The number of methoxy groups -OCH3 is 2. The summed E-state index contributed by atoms with van der Waals surface area (Å²) in [6, 6.07) is 8.42. The summed E-state index contributed by atoms with van der Waals surface area (Å²) in [5, 5.41) is 11.5. The highest BCUT2D eigenvalue weighted by Gasteiger charge is 2.12. The molecule has 0 aliphatic rings. The van der Waals surface area contributed by atoms with E-state index >= 15 is 0 Å². The van der Waals surface area contributed by atoms with Gasteiger partial charge in [0.05, 0.1) is 31.9 Å². The molecule has 0 atom stereocenters. The maximum Gasteiger partial charge on any atom is 0.354 e. The van der Waals surface area contributed by atoms with Gasteiger partial charge in [-0.2, -0.15) is 5.26 Å². The van der Waals surface area contributed by atoms with E-state index in [1.54, 1.807) is 18.2 Å². The number of carbonyl (C=O) groups excluding carboxylic acids is 2. The standard InChI is InChI=1S/C13H12N2O4/c1-18-12(16)7-11(13(17)19-2)15-10-5-3-4-9(6-10)8-14/h3-7,15H,1-2H3/b11-7-. The van der Waals surface area contributed by atoms with Crippen molar-refractivity contribution in [1.29, 1.82) is 5.26 Å². The molecule has 0 saturated heterocycles. The van der Waals surface area contributed by atoms with E-state index in [0.29, 0.717) is 11.3 Å². The van der Waals surface area contributed by atoms with Gasteiger partial charge in [-0.15, -0.1) is 0 Å². The molecule has 0 aromatic heterocycles. The van der Waals surface area contributed by atoms with Crippen LogP contribution in [-0.2, 0) is 19.1 Å². The zero-order valence-corrected chi connectivity index (χ0v) is 10.5. The topological polar surface area (TPSA) is 88.4 Å². The third-order valence-corrected chi connectivity index (χ3v) is 2.14. The summed E-state index contributed by atoms with van der Waals surface area (Å²) >= 11 is 0. The van der Waals surface area contributed by atoms with E-state index in [4.69, 9.17) is 5.26 Å². The highest BCUT2D eigenvalue weighted by Crippen LogP contribution is 2.13. The van der Waals surface area contributed by atoms with Crippen LogP contribution in [0.5, 0.6) is 0 Å². The minimum Gasteiger partial charge on any atom is -0.466 e. The zero-order valence-electron chi connectivity index (χ0n) is 10.5. The van der Waals surface area contributed by atoms with E-state index in [9.17, 15) is 9.59 Å². The molecule has 0 aliphatic heterocycles. The van der Waals surface area contributed by atoms with E-state index in [0.717, 1.165) is 6.08 Å². The molecule has 0 aliphatic carbocycles. The van der Waals surface area contributed by atoms with Crippen LogP contribution in [-0.4, -0.2) is 26.2 Å². The fourth-order valence-electron chi connectivity index (χ4n) is 1.25. The molecule has 1 aromatic rings. The lowest BCUT2D eigenvalue weighted by atomic mass is 10.2. The highest BCUT2D eigenvalue weighted by atomic mass is 16.5. The van der Waals surface area contributed by atoms with Crippen LogP contribution in [0.15, 0.2) is 36.0 Å². The largest absolute Gasteiger partial charge is 0.466 e. The van der Waals surface area contributed by atoms with Crippen LogP contribution < -0.4 is 5.32 Å². The molecule has 19 heavy (non-hydrogen) atoms. The lowest BCUT2D eigenvalue weighted by Gasteiger charge is -2.08. The summed E-state index contributed by atoms with van der Waals surface area (Å²) < 4.78 is 8.99. The summed E-state index contributed by atoms with van der Waals surface area (Å²) in [6.07, 6.45) is 0.977. The number of ether oxygens (including phenoxy) is 2. The summed E-state index contributed by atoms with van der Waals surface area (Å²) in [5.74, 6) is -1.41. The van der Waals surface area contributed by atoms with Crippen LogP contribution in [0.1, 0.15) is 5.56 Å². The number of anilines is 1. The number of nitrogens with zero attached hydrogens (tertiary/aromatic N) is 1. The Balaban J connectivity index is 3.01. The van der Waals surface area contributed by atoms with E-state index in [-0.39, 0.29) is 5.70 Å². The Morgan fingerprint density at radius 1 is 1.32 bits per heavy atom. The Morgan fingerprint density at radius 3 is 2.63 bits per heavy atom. The van der Waals surface area contributed by atoms with Crippen molar-refractivity contribution >= 4 is 17.6 Å². The lowest BCUT2D eigenvalue weighted by Crippen LogP contribution is -2.15. The average molecular weight is 260 g/mol. The molecule has 1 N–H and O–H groups in total. The van der Waals surface area contributed by atoms with Gasteiger partial charge in [0, 0.05) is 5.69 Å². The third-order valence-electron chi connectivity index (χ3n) is 2.14. The van der Waals surface area contributed by atoms with Crippen molar-refractivity contribution in [3.63, 3.8) is 0 Å². The number of rotatable bonds is 4. The van der Waals surface area contributed by atoms with E-state index < -0.39 is 11.9 Å². The fourth-order valence-corrected chi connectivity index (χ4v) is 1.25. The maximum atomic E-state index is 11.5. The first kappa shape index (κ1) is 14.3. The van der Waals surface area contributed by atoms with Crippen LogP contribution >= 0.6 is 0 Å². The van der Waals surface area contributed by atoms with Gasteiger partial charge >= 0.3 is 11.9 Å². The Kier molecular flexibility index (Phi) is 5.11. The van der Waals surface area contributed by atoms with Crippen molar-refractivity contribution in [3.05, 3.63) is 41.6 Å². The molecule has 0 amide bonds. The van der Waals surface area contributed by atoms with Gasteiger partial charge < -0.3 is 14.8 Å². The van der Waals surface area contributed by atoms with Crippen molar-refractivity contribution < 1.29 is 19.1 Å². The first-order chi connectivity index (χ1) is 9.10. The molecule has 0 unspecified atom stereocenters. The van der Waals surface area contributed by atoms with Crippen molar-refractivity contribution in [1.82, 2.24) is 0 Å². The third kappa shape index (κ3) is 4.16. The van der Waals surface area contributed by atoms with Gasteiger partial charge in [0.1, 0.15) is 5.70 Å². The van der Waals surface area contributed by atoms with Crippen LogP contribution in [0.25, 0.3) is 0 Å². The smallest absolute Gasteiger partial charge is 0.354 e. The summed E-state index contributed by atoms with van der Waals surface area (Å²) in [4.78, 5) is 22.7. The monoisotopic (exact) mass is 260 g/mol. The second-order valence-corrected chi connectivity index (χ2v) is 3.39. The van der Waals surface area contributed by atoms with Gasteiger partial charge in [0.25, 0.3) is 0 Å². The van der Waals surface area contributed by atoms with Gasteiger partial charge in [-0.25, -0.2) is 9.59 Å². The molecule has 6 heteroatoms. The number of hydrogen-bond acceptors (Lipinski definition) is 6. The molecule has 1 rings (SSSR count). The Labute approximate surface area is 110 Å². The van der Waals surface area contributed by atoms with Gasteiger partial charge in [0.2, 0.25) is 0 Å². The predicted molar refractivity (Wildman–Crippen MR) is 66.9 cm³/mol. The maximum absolute atomic E-state index is 11.5. The quantitative estimate of drug-likeness (QED) is 0.646. The predicted octanol–water partition coefficient (Wildman–Crippen LogP) is 1.20. The van der Waals surface area contributed by atoms with Gasteiger partial charge in [-0.1, -0.05) is 6.07 Å². The number of nitriles is 1. The zero-order chi connectivity index (χ0) is 14.3. The number of benzene rings is 1. The Bertz CT molecular complexity index is 558. The Morgan fingerprint density at radius 2 is 2.05 bits per heavy atom. The molecule has 98 valence electrons. The van der Waals surface area contributed by atoms with Crippen molar-refractivity contribution in [2.45, 2.75) is 0 Å². The molecule has 6 nitrogen and oxygen atoms in total. The minimum absolute atomic E-state index is 0.0792. The van der Waals surface area contributed by atoms with E-state index in [1.807, 2.05) is 6.07 Å². The first-order valence-corrected chi connectivity index (χ1v) is 5.26. The van der Waals surface area contributed by atoms with Crippen LogP contribution in [0.4, 0.5) is 5.69 Å². The summed E-state index contributed by atoms with van der Waals surface area (Å²) in [7, 11) is 2.39. The minimum atomic E-state index is -0.715. The number of esters is 2. The molecule has 0 fully saturated rings. The van der Waals surface area contributed by atoms with Crippen LogP contribution in [0.3, 0.4) is 0 Å². The molecular formula is C13H12N2O4. The van der Waals surface area contributed by atoms with Gasteiger partial charge in [0.15, 0.2) is 0 Å². The second kappa shape index (κ2) is 6.81. The van der Waals surface area contributed by atoms with Crippen LogP contribution in [0.2, 0.25) is 0 Å². The normalized spacial score (nSPS) is 10.3. The molecule has 0 radical (unpaired) electrons. The van der Waals surface area contributed by atoms with Crippen molar-refractivity contribution in [3.8, 4) is 6.07 Å². The molecular weight excluding hydrogens is 248 g/mol. The number of hydrogen-bond donors (Lipinski definition) is 1. The molecule has 1 aromatic carbocycles. The fraction of sp³-hybridized carbons (Fsp3) is 0.154. The molecule has 0 bridgehead atoms. The average Bonchev–Trinajstić information content (AvgIpc) is 2.45. The van der Waals surface area contributed by atoms with Crippen LogP contribution in [0, 0.1) is 11.3 Å². The van der Waals surface area contributed by atoms with Gasteiger partial charge in [-0.05, 0) is 18.2 Å². The molecule has 0 saturated carbocycles. The lowest BCUT2D eigenvalue weighted by molar-refractivity contribution is -0.138. The van der Waals surface area contributed by atoms with Gasteiger partial charge in [-0.3, -0.25) is 0 Å². The first-order valence-electron chi connectivity index (χ1n) is 5.26. The Hall–Kier alpha value is -2.81. The summed E-state index contributed by atoms with van der Waals surface area (Å²) in [6.45, 7) is 0. The van der Waals surface area contributed by atoms with Crippen molar-refractivity contribution in [2.75, 3.05) is 19.5 Å².